The van der Waals surface area contributed by atoms with E-state index in [1.54, 1.807) is 0 Å². The third kappa shape index (κ3) is 2.83. The lowest BCUT2D eigenvalue weighted by Gasteiger charge is -2.22. The summed E-state index contributed by atoms with van der Waals surface area (Å²) < 4.78 is 2.38. The highest BCUT2D eigenvalue weighted by Crippen LogP contribution is 2.30. The van der Waals surface area contributed by atoms with Crippen molar-refractivity contribution >= 4 is 11.0 Å². The first-order chi connectivity index (χ1) is 10.1. The van der Waals surface area contributed by atoms with Gasteiger partial charge in [0.2, 0.25) is 0 Å². The first-order valence-corrected chi connectivity index (χ1v) is 8.02. The van der Waals surface area contributed by atoms with Crippen LogP contribution in [0.4, 0.5) is 0 Å². The van der Waals surface area contributed by atoms with Gasteiger partial charge in [-0.05, 0) is 43.5 Å². The Labute approximate surface area is 126 Å². The van der Waals surface area contributed by atoms with Gasteiger partial charge in [0, 0.05) is 13.1 Å². The molecule has 1 aromatic carbocycles. The third-order valence-electron chi connectivity index (χ3n) is 4.68. The summed E-state index contributed by atoms with van der Waals surface area (Å²) in [6, 6.07) is 8.45. The maximum atomic E-state index is 5.92. The summed E-state index contributed by atoms with van der Waals surface area (Å²) in [4.78, 5) is 7.36. The number of hydrogen-bond donors (Lipinski definition) is 1. The fourth-order valence-corrected chi connectivity index (χ4v) is 3.35. The molecule has 1 aromatic heterocycles. The largest absolute Gasteiger partial charge is 0.330 e. The molecule has 2 aromatic rings. The Morgan fingerprint density at radius 3 is 2.86 bits per heavy atom. The molecule has 2 heterocycles. The monoisotopic (exact) mass is 286 g/mol. The number of nitrogens with two attached hydrogens (primary N) is 1. The second kappa shape index (κ2) is 5.78. The van der Waals surface area contributed by atoms with E-state index >= 15 is 0 Å². The third-order valence-corrected chi connectivity index (χ3v) is 4.68. The molecule has 1 saturated heterocycles. The Kier molecular flexibility index (Phi) is 4.00. The molecule has 4 nitrogen and oxygen atoms in total. The van der Waals surface area contributed by atoms with Gasteiger partial charge < -0.3 is 10.3 Å². The Morgan fingerprint density at radius 2 is 2.14 bits per heavy atom. The van der Waals surface area contributed by atoms with E-state index < -0.39 is 0 Å². The topological polar surface area (TPSA) is 47.1 Å². The summed E-state index contributed by atoms with van der Waals surface area (Å²) >= 11 is 0. The van der Waals surface area contributed by atoms with Crippen molar-refractivity contribution < 1.29 is 0 Å². The number of para-hydroxylation sites is 2. The summed E-state index contributed by atoms with van der Waals surface area (Å²) in [6.45, 7) is 9.47. The van der Waals surface area contributed by atoms with Gasteiger partial charge in [0.1, 0.15) is 5.82 Å². The molecule has 1 fully saturated rings. The van der Waals surface area contributed by atoms with Crippen molar-refractivity contribution in [1.29, 1.82) is 0 Å². The number of imidazole rings is 1. The normalized spacial score (nSPS) is 23.2. The second-order valence-electron chi connectivity index (χ2n) is 6.64. The minimum absolute atomic E-state index is 0.279. The van der Waals surface area contributed by atoms with Crippen molar-refractivity contribution in [3.05, 3.63) is 30.1 Å². The Morgan fingerprint density at radius 1 is 1.33 bits per heavy atom. The van der Waals surface area contributed by atoms with Crippen LogP contribution in [0.2, 0.25) is 0 Å². The summed E-state index contributed by atoms with van der Waals surface area (Å²) in [5.74, 6) is 1.19. The predicted octanol–water partition coefficient (Wildman–Crippen LogP) is 2.62. The SMILES string of the molecule is CCCn1c(CN2CCC(C)(CN)C2)nc2ccccc21. The first kappa shape index (κ1) is 14.5. The molecule has 0 bridgehead atoms. The second-order valence-corrected chi connectivity index (χ2v) is 6.64. The van der Waals surface area contributed by atoms with Crippen LogP contribution in [0.3, 0.4) is 0 Å². The molecule has 3 rings (SSSR count). The van der Waals surface area contributed by atoms with E-state index in [4.69, 9.17) is 10.7 Å². The molecule has 1 aliphatic rings. The van der Waals surface area contributed by atoms with Crippen LogP contribution >= 0.6 is 0 Å². The van der Waals surface area contributed by atoms with Crippen molar-refractivity contribution in [3.63, 3.8) is 0 Å². The molecule has 0 spiro atoms. The molecule has 114 valence electrons. The standard InChI is InChI=1S/C17H26N4/c1-3-9-21-15-7-5-4-6-14(15)19-16(21)11-20-10-8-17(2,12-18)13-20/h4-7H,3,8-13,18H2,1-2H3. The molecule has 0 aliphatic carbocycles. The highest BCUT2D eigenvalue weighted by molar-refractivity contribution is 5.75. The zero-order valence-corrected chi connectivity index (χ0v) is 13.2. The van der Waals surface area contributed by atoms with Crippen LogP contribution in [-0.4, -0.2) is 34.1 Å². The van der Waals surface area contributed by atoms with E-state index in [2.05, 4.69) is 47.6 Å². The van der Waals surface area contributed by atoms with Crippen molar-refractivity contribution in [3.8, 4) is 0 Å². The zero-order valence-electron chi connectivity index (χ0n) is 13.2. The number of nitrogens with zero attached hydrogens (tertiary/aromatic N) is 3. The molecule has 2 N–H and O–H groups in total. The average Bonchev–Trinajstić information content (AvgIpc) is 3.03. The van der Waals surface area contributed by atoms with E-state index in [1.807, 2.05) is 0 Å². The van der Waals surface area contributed by atoms with Gasteiger partial charge in [-0.1, -0.05) is 26.0 Å². The van der Waals surface area contributed by atoms with Gasteiger partial charge in [-0.3, -0.25) is 4.90 Å². The van der Waals surface area contributed by atoms with Crippen molar-refractivity contribution in [2.75, 3.05) is 19.6 Å². The van der Waals surface area contributed by atoms with Gasteiger partial charge in [-0.15, -0.1) is 0 Å². The van der Waals surface area contributed by atoms with Crippen LogP contribution < -0.4 is 5.73 Å². The molecule has 1 atom stereocenters. The lowest BCUT2D eigenvalue weighted by Crippen LogP contribution is -2.31. The summed E-state index contributed by atoms with van der Waals surface area (Å²) in [7, 11) is 0. The minimum atomic E-state index is 0.279. The van der Waals surface area contributed by atoms with Crippen LogP contribution in [0.5, 0.6) is 0 Å². The summed E-state index contributed by atoms with van der Waals surface area (Å²) in [5.41, 5.74) is 8.57. The van der Waals surface area contributed by atoms with E-state index in [0.29, 0.717) is 0 Å². The van der Waals surface area contributed by atoms with Gasteiger partial charge in [-0.2, -0.15) is 0 Å². The number of hydrogen-bond acceptors (Lipinski definition) is 3. The number of benzene rings is 1. The minimum Gasteiger partial charge on any atom is -0.330 e. The van der Waals surface area contributed by atoms with E-state index in [-0.39, 0.29) is 5.41 Å². The molecule has 0 saturated carbocycles. The maximum absolute atomic E-state index is 5.92. The van der Waals surface area contributed by atoms with Gasteiger partial charge >= 0.3 is 0 Å². The molecule has 4 heteroatoms. The van der Waals surface area contributed by atoms with Gasteiger partial charge in [0.15, 0.2) is 0 Å². The van der Waals surface area contributed by atoms with Crippen molar-refractivity contribution in [1.82, 2.24) is 14.5 Å². The van der Waals surface area contributed by atoms with Gasteiger partial charge in [-0.25, -0.2) is 4.98 Å². The number of fused-ring (bicyclic) bond motifs is 1. The van der Waals surface area contributed by atoms with E-state index in [0.717, 1.165) is 44.7 Å². The lowest BCUT2D eigenvalue weighted by atomic mass is 9.90. The number of rotatable bonds is 5. The Balaban J connectivity index is 1.85. The smallest absolute Gasteiger partial charge is 0.124 e. The predicted molar refractivity (Wildman–Crippen MR) is 87.1 cm³/mol. The van der Waals surface area contributed by atoms with Crippen molar-refractivity contribution in [2.45, 2.75) is 39.8 Å². The molecular formula is C17H26N4. The van der Waals surface area contributed by atoms with Crippen LogP contribution in [0.25, 0.3) is 11.0 Å². The van der Waals surface area contributed by atoms with E-state index in [9.17, 15) is 0 Å². The Hall–Kier alpha value is -1.39. The van der Waals surface area contributed by atoms with Crippen molar-refractivity contribution in [2.24, 2.45) is 11.1 Å². The highest BCUT2D eigenvalue weighted by atomic mass is 15.2. The van der Waals surface area contributed by atoms with E-state index in [1.165, 1.54) is 17.8 Å². The van der Waals surface area contributed by atoms with Crippen LogP contribution in [0, 0.1) is 5.41 Å². The summed E-state index contributed by atoms with van der Waals surface area (Å²) in [6.07, 6.45) is 2.32. The maximum Gasteiger partial charge on any atom is 0.124 e. The molecule has 0 radical (unpaired) electrons. The number of likely N-dealkylation sites (tertiary alicyclic amines) is 1. The van der Waals surface area contributed by atoms with Crippen LogP contribution in [-0.2, 0) is 13.1 Å². The molecule has 1 unspecified atom stereocenters. The summed E-state index contributed by atoms with van der Waals surface area (Å²) in [5, 5.41) is 0. The number of aromatic nitrogens is 2. The molecule has 1 aliphatic heterocycles. The van der Waals surface area contributed by atoms with Crippen LogP contribution in [0.1, 0.15) is 32.5 Å². The fourth-order valence-electron chi connectivity index (χ4n) is 3.35. The van der Waals surface area contributed by atoms with Crippen LogP contribution in [0.15, 0.2) is 24.3 Å². The zero-order chi connectivity index (χ0) is 14.9. The Bertz CT molecular complexity index is 618. The number of aryl methyl sites for hydroxylation is 1. The molecular weight excluding hydrogens is 260 g/mol. The highest BCUT2D eigenvalue weighted by Gasteiger charge is 2.32. The lowest BCUT2D eigenvalue weighted by molar-refractivity contribution is 0.266. The fraction of sp³-hybridized carbons (Fsp3) is 0.588. The van der Waals surface area contributed by atoms with Gasteiger partial charge in [0.25, 0.3) is 0 Å². The average molecular weight is 286 g/mol. The molecule has 0 amide bonds. The molecule has 21 heavy (non-hydrogen) atoms. The first-order valence-electron chi connectivity index (χ1n) is 8.02. The quantitative estimate of drug-likeness (QED) is 0.919. The van der Waals surface area contributed by atoms with Gasteiger partial charge in [0.05, 0.1) is 17.6 Å².